The van der Waals surface area contributed by atoms with E-state index in [2.05, 4.69) is 0 Å². The van der Waals surface area contributed by atoms with Gasteiger partial charge in [0.1, 0.15) is 0 Å². The lowest BCUT2D eigenvalue weighted by atomic mass is 9.82. The molecular formula is C11H22F3NO. The number of aliphatic hydroxyl groups is 1. The van der Waals surface area contributed by atoms with E-state index in [0.717, 1.165) is 12.8 Å². The van der Waals surface area contributed by atoms with Gasteiger partial charge in [0, 0.05) is 6.42 Å². The lowest BCUT2D eigenvalue weighted by molar-refractivity contribution is -0.138. The van der Waals surface area contributed by atoms with Gasteiger partial charge in [0.15, 0.2) is 0 Å². The van der Waals surface area contributed by atoms with Gasteiger partial charge in [-0.3, -0.25) is 0 Å². The first kappa shape index (κ1) is 15.7. The maximum absolute atomic E-state index is 12.0. The molecule has 0 spiro atoms. The third kappa shape index (κ3) is 6.33. The monoisotopic (exact) mass is 241 g/mol. The van der Waals surface area contributed by atoms with Crippen molar-refractivity contribution in [3.05, 3.63) is 0 Å². The molecule has 0 aliphatic heterocycles. The van der Waals surface area contributed by atoms with Crippen molar-refractivity contribution in [1.82, 2.24) is 0 Å². The molecule has 0 aliphatic carbocycles. The molecule has 3 N–H and O–H groups in total. The van der Waals surface area contributed by atoms with Crippen LogP contribution in [0.1, 0.15) is 46.0 Å². The summed E-state index contributed by atoms with van der Waals surface area (Å²) in [5, 5.41) is 10.1. The highest BCUT2D eigenvalue weighted by atomic mass is 19.4. The van der Waals surface area contributed by atoms with Crippen molar-refractivity contribution >= 4 is 0 Å². The van der Waals surface area contributed by atoms with E-state index in [9.17, 15) is 18.3 Å². The fraction of sp³-hybridized carbons (Fsp3) is 1.00. The molecule has 0 saturated carbocycles. The molecule has 16 heavy (non-hydrogen) atoms. The highest BCUT2D eigenvalue weighted by molar-refractivity contribution is 4.82. The number of hydrogen-bond acceptors (Lipinski definition) is 2. The van der Waals surface area contributed by atoms with Gasteiger partial charge in [0.2, 0.25) is 0 Å². The van der Waals surface area contributed by atoms with E-state index in [-0.39, 0.29) is 18.8 Å². The first-order valence-electron chi connectivity index (χ1n) is 5.72. The summed E-state index contributed by atoms with van der Waals surface area (Å²) in [7, 11) is 0. The minimum Gasteiger partial charge on any atom is -0.390 e. The third-order valence-corrected chi connectivity index (χ3v) is 2.94. The standard InChI is InChI=1S/C11H22F3NO/c1-3-5-9(8-15)10(2,16)6-4-7-11(12,13)14/h9,16H,3-8,15H2,1-2H3. The maximum Gasteiger partial charge on any atom is 0.389 e. The van der Waals surface area contributed by atoms with Crippen LogP contribution >= 0.6 is 0 Å². The maximum atomic E-state index is 12.0. The van der Waals surface area contributed by atoms with Crippen LogP contribution in [-0.4, -0.2) is 23.4 Å². The Morgan fingerprint density at radius 1 is 1.25 bits per heavy atom. The summed E-state index contributed by atoms with van der Waals surface area (Å²) in [6.45, 7) is 3.86. The highest BCUT2D eigenvalue weighted by Gasteiger charge is 2.32. The van der Waals surface area contributed by atoms with E-state index in [4.69, 9.17) is 5.73 Å². The molecule has 2 atom stereocenters. The quantitative estimate of drug-likeness (QED) is 0.720. The molecule has 2 nitrogen and oxygen atoms in total. The van der Waals surface area contributed by atoms with Gasteiger partial charge in [-0.2, -0.15) is 13.2 Å². The molecule has 0 rings (SSSR count). The molecule has 98 valence electrons. The molecule has 0 bridgehead atoms. The summed E-state index contributed by atoms with van der Waals surface area (Å²) >= 11 is 0. The fourth-order valence-electron chi connectivity index (χ4n) is 1.88. The third-order valence-electron chi connectivity index (χ3n) is 2.94. The lowest BCUT2D eigenvalue weighted by Gasteiger charge is -2.32. The molecular weight excluding hydrogens is 219 g/mol. The van der Waals surface area contributed by atoms with Crippen LogP contribution in [-0.2, 0) is 0 Å². The fourth-order valence-corrected chi connectivity index (χ4v) is 1.88. The predicted octanol–water partition coefficient (Wildman–Crippen LogP) is 2.85. The van der Waals surface area contributed by atoms with Crippen molar-refractivity contribution in [2.45, 2.75) is 57.7 Å². The van der Waals surface area contributed by atoms with E-state index in [1.165, 1.54) is 0 Å². The van der Waals surface area contributed by atoms with E-state index < -0.39 is 18.2 Å². The number of hydrogen-bond donors (Lipinski definition) is 2. The minimum absolute atomic E-state index is 0.0449. The van der Waals surface area contributed by atoms with Crippen LogP contribution in [0.4, 0.5) is 13.2 Å². The van der Waals surface area contributed by atoms with Gasteiger partial charge in [-0.1, -0.05) is 13.3 Å². The van der Waals surface area contributed by atoms with Crippen LogP contribution in [0, 0.1) is 5.92 Å². The van der Waals surface area contributed by atoms with Gasteiger partial charge in [-0.15, -0.1) is 0 Å². The SMILES string of the molecule is CCCC(CN)C(C)(O)CCCC(F)(F)F. The van der Waals surface area contributed by atoms with Crippen molar-refractivity contribution in [2.24, 2.45) is 11.7 Å². The zero-order valence-corrected chi connectivity index (χ0v) is 9.98. The second-order valence-corrected chi connectivity index (χ2v) is 4.55. The van der Waals surface area contributed by atoms with Gasteiger partial charge in [-0.25, -0.2) is 0 Å². The van der Waals surface area contributed by atoms with Crippen molar-refractivity contribution < 1.29 is 18.3 Å². The minimum atomic E-state index is -4.14. The van der Waals surface area contributed by atoms with Crippen LogP contribution in [0.25, 0.3) is 0 Å². The van der Waals surface area contributed by atoms with Crippen molar-refractivity contribution in [1.29, 1.82) is 0 Å². The van der Waals surface area contributed by atoms with Crippen LogP contribution in [0.15, 0.2) is 0 Å². The first-order chi connectivity index (χ1) is 7.23. The molecule has 0 fully saturated rings. The van der Waals surface area contributed by atoms with Gasteiger partial charge in [0.25, 0.3) is 0 Å². The Labute approximate surface area is 95.0 Å². The molecule has 0 radical (unpaired) electrons. The van der Waals surface area contributed by atoms with Crippen molar-refractivity contribution in [3.8, 4) is 0 Å². The van der Waals surface area contributed by atoms with Gasteiger partial charge >= 0.3 is 6.18 Å². The largest absolute Gasteiger partial charge is 0.390 e. The number of rotatable bonds is 7. The molecule has 0 aromatic rings. The Morgan fingerprint density at radius 3 is 2.19 bits per heavy atom. The van der Waals surface area contributed by atoms with E-state index in [1.807, 2.05) is 6.92 Å². The second kappa shape index (κ2) is 6.45. The van der Waals surface area contributed by atoms with Crippen molar-refractivity contribution in [3.63, 3.8) is 0 Å². The van der Waals surface area contributed by atoms with E-state index >= 15 is 0 Å². The summed E-state index contributed by atoms with van der Waals surface area (Å²) in [4.78, 5) is 0. The molecule has 0 saturated heterocycles. The van der Waals surface area contributed by atoms with Gasteiger partial charge in [-0.05, 0) is 38.6 Å². The van der Waals surface area contributed by atoms with E-state index in [0.29, 0.717) is 6.54 Å². The Morgan fingerprint density at radius 2 is 1.81 bits per heavy atom. The summed E-state index contributed by atoms with van der Waals surface area (Å²) in [6.07, 6.45) is -3.26. The average molecular weight is 241 g/mol. The van der Waals surface area contributed by atoms with E-state index in [1.54, 1.807) is 6.92 Å². The zero-order chi connectivity index (χ0) is 12.8. The van der Waals surface area contributed by atoms with Gasteiger partial charge in [0.05, 0.1) is 5.60 Å². The highest BCUT2D eigenvalue weighted by Crippen LogP contribution is 2.30. The smallest absolute Gasteiger partial charge is 0.389 e. The normalized spacial score (nSPS) is 18.2. The Balaban J connectivity index is 4.11. The van der Waals surface area contributed by atoms with Crippen LogP contribution in [0.5, 0.6) is 0 Å². The topological polar surface area (TPSA) is 46.2 Å². The molecule has 0 amide bonds. The number of halogens is 3. The number of nitrogens with two attached hydrogens (primary N) is 1. The predicted molar refractivity (Wildman–Crippen MR) is 58.0 cm³/mol. The average Bonchev–Trinajstić information content (AvgIpc) is 2.11. The molecule has 0 aromatic carbocycles. The molecule has 0 aliphatic rings. The van der Waals surface area contributed by atoms with Crippen LogP contribution < -0.4 is 5.73 Å². The first-order valence-corrected chi connectivity index (χ1v) is 5.72. The molecule has 2 unspecified atom stereocenters. The Kier molecular flexibility index (Phi) is 6.33. The lowest BCUT2D eigenvalue weighted by Crippen LogP contribution is -2.39. The number of alkyl halides is 3. The van der Waals surface area contributed by atoms with Crippen LogP contribution in [0.3, 0.4) is 0 Å². The molecule has 0 aromatic heterocycles. The van der Waals surface area contributed by atoms with Crippen molar-refractivity contribution in [2.75, 3.05) is 6.54 Å². The summed E-state index contributed by atoms with van der Waals surface area (Å²) in [5.41, 5.74) is 4.43. The molecule has 0 heterocycles. The summed E-state index contributed by atoms with van der Waals surface area (Å²) in [5.74, 6) is -0.120. The summed E-state index contributed by atoms with van der Waals surface area (Å²) < 4.78 is 35.9. The van der Waals surface area contributed by atoms with Crippen LogP contribution in [0.2, 0.25) is 0 Å². The molecule has 5 heteroatoms. The van der Waals surface area contributed by atoms with Gasteiger partial charge < -0.3 is 10.8 Å². The zero-order valence-electron chi connectivity index (χ0n) is 9.98. The Bertz CT molecular complexity index is 192. The second-order valence-electron chi connectivity index (χ2n) is 4.55. The summed E-state index contributed by atoms with van der Waals surface area (Å²) in [6, 6.07) is 0. The Hall–Kier alpha value is -0.290.